The van der Waals surface area contributed by atoms with E-state index >= 15 is 0 Å². The number of hydrogen-bond donors (Lipinski definition) is 0. The number of ether oxygens (including phenoxy) is 1. The number of carbonyl (C=O) groups is 1. The summed E-state index contributed by atoms with van der Waals surface area (Å²) < 4.78 is 65.3. The number of benzene rings is 3. The highest BCUT2D eigenvalue weighted by Gasteiger charge is 2.32. The van der Waals surface area contributed by atoms with Gasteiger partial charge in [0.1, 0.15) is 4.90 Å². The molecule has 0 atom stereocenters. The molecule has 0 spiro atoms. The largest absolute Gasteiger partial charge is 0.493 e. The van der Waals surface area contributed by atoms with Gasteiger partial charge in [0, 0.05) is 32.3 Å². The lowest BCUT2D eigenvalue weighted by Gasteiger charge is -2.34. The smallest absolute Gasteiger partial charge is 0.339 e. The molecule has 9 nitrogen and oxygen atoms in total. The number of nitrogens with zero attached hydrogens (tertiary/aromatic N) is 2. The first kappa shape index (κ1) is 32.2. The molecule has 0 saturated carbocycles. The van der Waals surface area contributed by atoms with Crippen molar-refractivity contribution in [1.29, 1.82) is 0 Å². The molecule has 0 N–H and O–H groups in total. The molecule has 0 radical (unpaired) electrons. The summed E-state index contributed by atoms with van der Waals surface area (Å²) in [7, 11) is -6.41. The van der Waals surface area contributed by atoms with Crippen molar-refractivity contribution in [3.8, 4) is 11.5 Å². The van der Waals surface area contributed by atoms with Crippen molar-refractivity contribution in [2.45, 2.75) is 51.3 Å². The van der Waals surface area contributed by atoms with Gasteiger partial charge in [-0.05, 0) is 105 Å². The molecule has 1 heterocycles. The summed E-state index contributed by atoms with van der Waals surface area (Å²) in [5.41, 5.74) is 5.32. The average molecular weight is 627 g/mol. The van der Waals surface area contributed by atoms with Crippen molar-refractivity contribution in [3.63, 3.8) is 0 Å². The van der Waals surface area contributed by atoms with Crippen LogP contribution in [0.4, 0.5) is 0 Å². The maximum absolute atomic E-state index is 13.6. The number of sulfonamides is 1. The number of aryl methyl sites for hydroxylation is 4. The lowest BCUT2D eigenvalue weighted by molar-refractivity contribution is -0.127. The Kier molecular flexibility index (Phi) is 9.39. The second kappa shape index (κ2) is 12.5. The van der Waals surface area contributed by atoms with Gasteiger partial charge in [-0.3, -0.25) is 4.79 Å². The highest BCUT2D eigenvalue weighted by molar-refractivity contribution is 7.89. The van der Waals surface area contributed by atoms with Gasteiger partial charge in [-0.1, -0.05) is 24.3 Å². The van der Waals surface area contributed by atoms with Gasteiger partial charge >= 0.3 is 10.1 Å². The standard InChI is InChI=1S/C32H38N2O7S2/c1-21-8-9-22(2)30(18-21)43(38,39)41-28-12-10-27(20-29(28)40-7)11-13-31(35)33-14-16-34(17-15-33)42(36,37)32-25(5)23(3)19-24(4)26(32)6/h8-13,18-20H,14-17H2,1-7H3/b13-11+. The van der Waals surface area contributed by atoms with E-state index in [-0.39, 0.29) is 48.5 Å². The van der Waals surface area contributed by atoms with Gasteiger partial charge in [-0.25, -0.2) is 8.42 Å². The van der Waals surface area contributed by atoms with Gasteiger partial charge in [0.05, 0.1) is 12.0 Å². The van der Waals surface area contributed by atoms with Crippen LogP contribution in [0, 0.1) is 41.5 Å². The molecule has 1 fully saturated rings. The van der Waals surface area contributed by atoms with E-state index < -0.39 is 20.1 Å². The lowest BCUT2D eigenvalue weighted by Crippen LogP contribution is -2.50. The molecule has 0 bridgehead atoms. The Bertz CT molecular complexity index is 1780. The third kappa shape index (κ3) is 6.79. The van der Waals surface area contributed by atoms with E-state index in [0.29, 0.717) is 16.0 Å². The summed E-state index contributed by atoms with van der Waals surface area (Å²) in [6.45, 7) is 11.9. The van der Waals surface area contributed by atoms with Crippen molar-refractivity contribution in [2.75, 3.05) is 33.3 Å². The zero-order valence-electron chi connectivity index (χ0n) is 25.6. The fourth-order valence-corrected chi connectivity index (χ4v) is 8.37. The summed E-state index contributed by atoms with van der Waals surface area (Å²) in [6, 6.07) is 11.8. The third-order valence-corrected chi connectivity index (χ3v) is 11.4. The van der Waals surface area contributed by atoms with Crippen LogP contribution < -0.4 is 8.92 Å². The summed E-state index contributed by atoms with van der Waals surface area (Å²) in [5, 5.41) is 0. The molecule has 0 aliphatic carbocycles. The van der Waals surface area contributed by atoms with Crippen LogP contribution in [0.3, 0.4) is 0 Å². The molecule has 0 unspecified atom stereocenters. The quantitative estimate of drug-likeness (QED) is 0.260. The van der Waals surface area contributed by atoms with Gasteiger partial charge in [0.25, 0.3) is 0 Å². The normalized spacial score (nSPS) is 14.7. The first-order chi connectivity index (χ1) is 20.1. The van der Waals surface area contributed by atoms with E-state index in [0.717, 1.165) is 27.8 Å². The third-order valence-electron chi connectivity index (χ3n) is 7.86. The second-order valence-corrected chi connectivity index (χ2v) is 14.3. The first-order valence-corrected chi connectivity index (χ1v) is 16.7. The van der Waals surface area contributed by atoms with E-state index in [1.807, 2.05) is 39.8 Å². The molecular formula is C32H38N2O7S2. The fraction of sp³-hybridized carbons (Fsp3) is 0.344. The SMILES string of the molecule is COc1cc(/C=C/C(=O)N2CCN(S(=O)(=O)c3c(C)c(C)cc(C)c3C)CC2)ccc1OS(=O)(=O)c1cc(C)ccc1C. The number of rotatable bonds is 8. The van der Waals surface area contributed by atoms with Crippen LogP contribution in [0.25, 0.3) is 6.08 Å². The Labute approximate surface area is 254 Å². The number of amides is 1. The maximum atomic E-state index is 13.6. The number of methoxy groups -OCH3 is 1. The van der Waals surface area contributed by atoms with Crippen LogP contribution >= 0.6 is 0 Å². The second-order valence-electron chi connectivity index (χ2n) is 10.9. The molecule has 230 valence electrons. The monoisotopic (exact) mass is 626 g/mol. The lowest BCUT2D eigenvalue weighted by atomic mass is 10.0. The Morgan fingerprint density at radius 2 is 1.40 bits per heavy atom. The van der Waals surface area contributed by atoms with E-state index in [4.69, 9.17) is 8.92 Å². The van der Waals surface area contributed by atoms with Gasteiger partial charge in [-0.15, -0.1) is 0 Å². The highest BCUT2D eigenvalue weighted by atomic mass is 32.2. The summed E-state index contributed by atoms with van der Waals surface area (Å²) in [6.07, 6.45) is 3.00. The van der Waals surface area contributed by atoms with E-state index in [9.17, 15) is 21.6 Å². The summed E-state index contributed by atoms with van der Waals surface area (Å²) >= 11 is 0. The van der Waals surface area contributed by atoms with E-state index in [1.54, 1.807) is 49.1 Å². The van der Waals surface area contributed by atoms with Gasteiger partial charge in [0.15, 0.2) is 11.5 Å². The Hall–Kier alpha value is -3.67. The molecule has 3 aromatic rings. The van der Waals surface area contributed by atoms with E-state index in [1.165, 1.54) is 23.6 Å². The van der Waals surface area contributed by atoms with Crippen molar-refractivity contribution in [3.05, 3.63) is 87.5 Å². The molecule has 4 rings (SSSR count). The molecule has 1 amide bonds. The predicted molar refractivity (Wildman–Crippen MR) is 166 cm³/mol. The molecule has 43 heavy (non-hydrogen) atoms. The Morgan fingerprint density at radius 3 is 2.00 bits per heavy atom. The van der Waals surface area contributed by atoms with Crippen LogP contribution in [0.5, 0.6) is 11.5 Å². The van der Waals surface area contributed by atoms with Crippen molar-refractivity contribution in [2.24, 2.45) is 0 Å². The molecular weight excluding hydrogens is 588 g/mol. The maximum Gasteiger partial charge on any atom is 0.339 e. The Morgan fingerprint density at radius 1 is 0.767 bits per heavy atom. The van der Waals surface area contributed by atoms with Gasteiger partial charge in [-0.2, -0.15) is 12.7 Å². The first-order valence-electron chi connectivity index (χ1n) is 13.9. The van der Waals surface area contributed by atoms with Crippen LogP contribution in [-0.2, 0) is 24.9 Å². The highest BCUT2D eigenvalue weighted by Crippen LogP contribution is 2.32. The number of piperazine rings is 1. The van der Waals surface area contributed by atoms with Crippen LogP contribution in [0.15, 0.2) is 58.3 Å². The molecule has 0 aromatic heterocycles. The van der Waals surface area contributed by atoms with Crippen molar-refractivity contribution < 1.29 is 30.6 Å². The Balaban J connectivity index is 1.44. The van der Waals surface area contributed by atoms with Crippen molar-refractivity contribution in [1.82, 2.24) is 9.21 Å². The zero-order chi connectivity index (χ0) is 31.7. The molecule has 3 aromatic carbocycles. The molecule has 1 saturated heterocycles. The summed E-state index contributed by atoms with van der Waals surface area (Å²) in [4.78, 5) is 15.0. The van der Waals surface area contributed by atoms with Crippen LogP contribution in [-0.4, -0.2) is 65.2 Å². The van der Waals surface area contributed by atoms with Crippen molar-refractivity contribution >= 4 is 32.1 Å². The predicted octanol–water partition coefficient (Wildman–Crippen LogP) is 4.86. The molecule has 1 aliphatic rings. The minimum Gasteiger partial charge on any atom is -0.493 e. The van der Waals surface area contributed by atoms with Crippen LogP contribution in [0.1, 0.15) is 38.9 Å². The van der Waals surface area contributed by atoms with Crippen LogP contribution in [0.2, 0.25) is 0 Å². The van der Waals surface area contributed by atoms with Gasteiger partial charge < -0.3 is 13.8 Å². The molecule has 11 heteroatoms. The topological polar surface area (TPSA) is 110 Å². The average Bonchev–Trinajstić information content (AvgIpc) is 2.96. The van der Waals surface area contributed by atoms with Gasteiger partial charge in [0.2, 0.25) is 15.9 Å². The minimum absolute atomic E-state index is 0.0264. The minimum atomic E-state index is -4.10. The number of hydrogen-bond acceptors (Lipinski definition) is 7. The summed E-state index contributed by atoms with van der Waals surface area (Å²) in [5.74, 6) is -0.0367. The molecule has 1 aliphatic heterocycles. The number of carbonyl (C=O) groups excluding carboxylic acids is 1. The zero-order valence-corrected chi connectivity index (χ0v) is 27.2. The fourth-order valence-electron chi connectivity index (χ4n) is 5.11. The van der Waals surface area contributed by atoms with E-state index in [2.05, 4.69) is 0 Å².